The molecule has 0 aliphatic heterocycles. The number of benzene rings is 1. The molecule has 0 spiro atoms. The fourth-order valence-electron chi connectivity index (χ4n) is 3.04. The van der Waals surface area contributed by atoms with Crippen molar-refractivity contribution in [3.63, 3.8) is 0 Å². The number of hydrogen-bond donors (Lipinski definition) is 0. The van der Waals surface area contributed by atoms with Gasteiger partial charge in [0.2, 0.25) is 0 Å². The van der Waals surface area contributed by atoms with Crippen molar-refractivity contribution in [1.82, 2.24) is 0 Å². The van der Waals surface area contributed by atoms with Gasteiger partial charge in [-0.25, -0.2) is 0 Å². The molecular formula is C17H24. The van der Waals surface area contributed by atoms with Gasteiger partial charge < -0.3 is 0 Å². The predicted octanol–water partition coefficient (Wildman–Crippen LogP) is 4.94. The van der Waals surface area contributed by atoms with Crippen LogP contribution in [-0.2, 0) is 6.42 Å². The highest BCUT2D eigenvalue weighted by Gasteiger charge is 2.37. The van der Waals surface area contributed by atoms with Crippen LogP contribution in [0, 0.1) is 17.3 Å². The van der Waals surface area contributed by atoms with E-state index in [1.165, 1.54) is 30.4 Å². The van der Waals surface area contributed by atoms with Gasteiger partial charge >= 0.3 is 0 Å². The summed E-state index contributed by atoms with van der Waals surface area (Å²) in [7, 11) is 0. The Morgan fingerprint density at radius 2 is 2.06 bits per heavy atom. The molecule has 2 rings (SSSR count). The topological polar surface area (TPSA) is 0 Å². The van der Waals surface area contributed by atoms with E-state index in [0.717, 1.165) is 11.8 Å². The molecule has 0 saturated heterocycles. The summed E-state index contributed by atoms with van der Waals surface area (Å²) in [6.45, 7) is 11.0. The summed E-state index contributed by atoms with van der Waals surface area (Å²) in [6, 6.07) is 8.79. The zero-order chi connectivity index (χ0) is 12.5. The van der Waals surface area contributed by atoms with E-state index in [1.807, 2.05) is 6.08 Å². The van der Waals surface area contributed by atoms with Crippen LogP contribution < -0.4 is 0 Å². The average molecular weight is 228 g/mol. The van der Waals surface area contributed by atoms with Gasteiger partial charge in [0, 0.05) is 0 Å². The fourth-order valence-corrected chi connectivity index (χ4v) is 3.04. The van der Waals surface area contributed by atoms with E-state index in [1.54, 1.807) is 0 Å². The Balaban J connectivity index is 2.06. The normalized spacial score (nSPS) is 24.2. The van der Waals surface area contributed by atoms with E-state index in [9.17, 15) is 0 Å². The Morgan fingerprint density at radius 3 is 2.65 bits per heavy atom. The lowest BCUT2D eigenvalue weighted by Crippen LogP contribution is -2.36. The van der Waals surface area contributed by atoms with Gasteiger partial charge in [0.25, 0.3) is 0 Å². The SMILES string of the molecule is C=Cc1cccc(CC(C)(C)C2CC(C)C2)c1. The second-order valence-electron chi connectivity index (χ2n) is 6.39. The molecular weight excluding hydrogens is 204 g/mol. The van der Waals surface area contributed by atoms with Crippen LogP contribution in [0.2, 0.25) is 0 Å². The minimum atomic E-state index is 0.437. The summed E-state index contributed by atoms with van der Waals surface area (Å²) in [6.07, 6.45) is 5.94. The first-order valence-electron chi connectivity index (χ1n) is 6.72. The highest BCUT2D eigenvalue weighted by atomic mass is 14.4. The van der Waals surface area contributed by atoms with Crippen molar-refractivity contribution in [2.75, 3.05) is 0 Å². The Labute approximate surface area is 106 Å². The van der Waals surface area contributed by atoms with Gasteiger partial charge in [-0.05, 0) is 47.6 Å². The van der Waals surface area contributed by atoms with E-state index in [-0.39, 0.29) is 0 Å². The van der Waals surface area contributed by atoms with E-state index < -0.39 is 0 Å². The van der Waals surface area contributed by atoms with E-state index in [4.69, 9.17) is 0 Å². The quantitative estimate of drug-likeness (QED) is 0.684. The first-order valence-corrected chi connectivity index (χ1v) is 6.72. The van der Waals surface area contributed by atoms with Crippen LogP contribution in [0.15, 0.2) is 30.8 Å². The van der Waals surface area contributed by atoms with Crippen LogP contribution in [0.25, 0.3) is 6.08 Å². The van der Waals surface area contributed by atoms with E-state index in [0.29, 0.717) is 5.41 Å². The standard InChI is InChI=1S/C17H24/c1-5-14-7-6-8-15(11-14)12-17(3,4)16-9-13(2)10-16/h5-8,11,13,16H,1,9-10,12H2,2-4H3. The molecule has 0 atom stereocenters. The molecule has 0 heterocycles. The third-order valence-electron chi connectivity index (χ3n) is 4.33. The third-order valence-corrected chi connectivity index (χ3v) is 4.33. The summed E-state index contributed by atoms with van der Waals surface area (Å²) in [5, 5.41) is 0. The van der Waals surface area contributed by atoms with Crippen LogP contribution in [0.5, 0.6) is 0 Å². The maximum Gasteiger partial charge on any atom is -0.0224 e. The third kappa shape index (κ3) is 2.80. The largest absolute Gasteiger partial charge is 0.0985 e. The zero-order valence-corrected chi connectivity index (χ0v) is 11.4. The number of hydrogen-bond acceptors (Lipinski definition) is 0. The number of rotatable bonds is 4. The van der Waals surface area contributed by atoms with Gasteiger partial charge in [0.15, 0.2) is 0 Å². The second kappa shape index (κ2) is 4.68. The minimum Gasteiger partial charge on any atom is -0.0985 e. The molecule has 0 bridgehead atoms. The maximum atomic E-state index is 3.84. The van der Waals surface area contributed by atoms with Crippen LogP contribution in [0.4, 0.5) is 0 Å². The van der Waals surface area contributed by atoms with Crippen molar-refractivity contribution in [1.29, 1.82) is 0 Å². The van der Waals surface area contributed by atoms with Crippen LogP contribution >= 0.6 is 0 Å². The van der Waals surface area contributed by atoms with Crippen LogP contribution in [0.3, 0.4) is 0 Å². The lowest BCUT2D eigenvalue weighted by atomic mass is 9.61. The monoisotopic (exact) mass is 228 g/mol. The molecule has 92 valence electrons. The van der Waals surface area contributed by atoms with Crippen molar-refractivity contribution in [2.24, 2.45) is 17.3 Å². The molecule has 1 saturated carbocycles. The molecule has 0 unspecified atom stereocenters. The lowest BCUT2D eigenvalue weighted by Gasteiger charge is -2.44. The first kappa shape index (κ1) is 12.4. The van der Waals surface area contributed by atoms with Crippen molar-refractivity contribution in [3.05, 3.63) is 42.0 Å². The van der Waals surface area contributed by atoms with Crippen molar-refractivity contribution in [2.45, 2.75) is 40.0 Å². The van der Waals surface area contributed by atoms with E-state index in [2.05, 4.69) is 51.6 Å². The molecule has 1 fully saturated rings. The fraction of sp³-hybridized carbons (Fsp3) is 0.529. The highest BCUT2D eigenvalue weighted by Crippen LogP contribution is 2.46. The van der Waals surface area contributed by atoms with Crippen molar-refractivity contribution < 1.29 is 0 Å². The molecule has 1 aromatic rings. The molecule has 0 heteroatoms. The Bertz CT molecular complexity index is 394. The summed E-state index contributed by atoms with van der Waals surface area (Å²) in [5.74, 6) is 1.85. The van der Waals surface area contributed by atoms with Gasteiger partial charge in [-0.2, -0.15) is 0 Å². The molecule has 1 aliphatic rings. The highest BCUT2D eigenvalue weighted by molar-refractivity contribution is 5.48. The molecule has 0 aromatic heterocycles. The Morgan fingerprint density at radius 1 is 1.35 bits per heavy atom. The summed E-state index contributed by atoms with van der Waals surface area (Å²) >= 11 is 0. The molecule has 0 N–H and O–H groups in total. The predicted molar refractivity (Wildman–Crippen MR) is 75.9 cm³/mol. The van der Waals surface area contributed by atoms with Crippen molar-refractivity contribution in [3.8, 4) is 0 Å². The lowest BCUT2D eigenvalue weighted by molar-refractivity contribution is 0.0716. The maximum absolute atomic E-state index is 3.84. The zero-order valence-electron chi connectivity index (χ0n) is 11.4. The summed E-state index contributed by atoms with van der Waals surface area (Å²) in [5.41, 5.74) is 3.12. The van der Waals surface area contributed by atoms with Gasteiger partial charge in [-0.1, -0.05) is 57.7 Å². The molecule has 0 amide bonds. The Kier molecular flexibility index (Phi) is 3.42. The minimum absolute atomic E-state index is 0.437. The summed E-state index contributed by atoms with van der Waals surface area (Å²) in [4.78, 5) is 0. The van der Waals surface area contributed by atoms with Gasteiger partial charge in [-0.3, -0.25) is 0 Å². The first-order chi connectivity index (χ1) is 8.01. The van der Waals surface area contributed by atoms with Crippen LogP contribution in [-0.4, -0.2) is 0 Å². The molecule has 17 heavy (non-hydrogen) atoms. The van der Waals surface area contributed by atoms with Gasteiger partial charge in [-0.15, -0.1) is 0 Å². The van der Waals surface area contributed by atoms with Crippen LogP contribution in [0.1, 0.15) is 44.7 Å². The second-order valence-corrected chi connectivity index (χ2v) is 6.39. The molecule has 1 aromatic carbocycles. The molecule has 0 nitrogen and oxygen atoms in total. The van der Waals surface area contributed by atoms with E-state index >= 15 is 0 Å². The molecule has 1 aliphatic carbocycles. The summed E-state index contributed by atoms with van der Waals surface area (Å²) < 4.78 is 0. The van der Waals surface area contributed by atoms with Gasteiger partial charge in [0.05, 0.1) is 0 Å². The average Bonchev–Trinajstić information content (AvgIpc) is 2.24. The molecule has 0 radical (unpaired) electrons. The van der Waals surface area contributed by atoms with Crippen molar-refractivity contribution >= 4 is 6.08 Å². The Hall–Kier alpha value is -1.04. The van der Waals surface area contributed by atoms with Gasteiger partial charge in [0.1, 0.15) is 0 Å². The smallest absolute Gasteiger partial charge is 0.0224 e.